The minimum Gasteiger partial charge on any atom is -0.461 e. The van der Waals surface area contributed by atoms with Gasteiger partial charge in [-0.15, -0.1) is 0 Å². The van der Waals surface area contributed by atoms with Gasteiger partial charge in [0, 0.05) is 30.0 Å². The lowest BCUT2D eigenvalue weighted by atomic mass is 10.0. The number of nitrogens with zero attached hydrogens (tertiary/aromatic N) is 2. The third kappa shape index (κ3) is 5.48. The van der Waals surface area contributed by atoms with Crippen LogP contribution in [-0.2, 0) is 21.1 Å². The van der Waals surface area contributed by atoms with Gasteiger partial charge in [0.25, 0.3) is 5.91 Å². The van der Waals surface area contributed by atoms with E-state index in [4.69, 9.17) is 10.5 Å². The number of amides is 1. The molecule has 0 fully saturated rings. The van der Waals surface area contributed by atoms with E-state index < -0.39 is 27.5 Å². The number of aromatic nitrogens is 2. The number of benzene rings is 3. The van der Waals surface area contributed by atoms with Gasteiger partial charge < -0.3 is 15.8 Å². The van der Waals surface area contributed by atoms with Crippen LogP contribution < -0.4 is 11.1 Å². The summed E-state index contributed by atoms with van der Waals surface area (Å²) in [6.45, 7) is 1.98. The molecule has 0 bridgehead atoms. The number of anilines is 1. The second-order valence-electron chi connectivity index (χ2n) is 8.31. The summed E-state index contributed by atoms with van der Waals surface area (Å²) in [5.41, 5.74) is 6.93. The third-order valence-electron chi connectivity index (χ3n) is 5.65. The van der Waals surface area contributed by atoms with Crippen molar-refractivity contribution in [2.75, 3.05) is 18.2 Å². The van der Waals surface area contributed by atoms with E-state index in [1.807, 2.05) is 0 Å². The first-order valence-electron chi connectivity index (χ1n) is 11.6. The van der Waals surface area contributed by atoms with E-state index in [9.17, 15) is 18.0 Å². The SMILES string of the molecule is CCOC(=O)c1cc(C(=O)Nc2c(F)cccc2-c2ccccc2S(C)(=O)=O)n(-c2cccc(CN)c2)n1. The van der Waals surface area contributed by atoms with Crippen molar-refractivity contribution in [3.8, 4) is 16.8 Å². The molecule has 0 radical (unpaired) electrons. The minimum absolute atomic E-state index is 0.0191. The van der Waals surface area contributed by atoms with Crippen LogP contribution in [0.25, 0.3) is 16.8 Å². The molecule has 1 heterocycles. The Morgan fingerprint density at radius 3 is 2.45 bits per heavy atom. The summed E-state index contributed by atoms with van der Waals surface area (Å²) < 4.78 is 46.2. The van der Waals surface area contributed by atoms with Crippen LogP contribution >= 0.6 is 0 Å². The maximum absolute atomic E-state index is 15.1. The number of para-hydroxylation sites is 1. The first-order chi connectivity index (χ1) is 18.1. The van der Waals surface area contributed by atoms with Crippen LogP contribution in [0.15, 0.2) is 77.7 Å². The second kappa shape index (κ2) is 11.0. The third-order valence-corrected chi connectivity index (χ3v) is 6.80. The normalized spacial score (nSPS) is 11.3. The number of esters is 1. The van der Waals surface area contributed by atoms with E-state index in [2.05, 4.69) is 10.4 Å². The summed E-state index contributed by atoms with van der Waals surface area (Å²) in [6, 6.07) is 18.3. The predicted molar refractivity (Wildman–Crippen MR) is 140 cm³/mol. The van der Waals surface area contributed by atoms with Gasteiger partial charge in [0.2, 0.25) is 0 Å². The molecule has 4 rings (SSSR count). The smallest absolute Gasteiger partial charge is 0.358 e. The summed E-state index contributed by atoms with van der Waals surface area (Å²) in [4.78, 5) is 25.9. The Kier molecular flexibility index (Phi) is 7.70. The molecule has 38 heavy (non-hydrogen) atoms. The molecular weight excluding hydrogens is 511 g/mol. The molecule has 0 aliphatic carbocycles. The fourth-order valence-corrected chi connectivity index (χ4v) is 4.83. The number of nitrogens with one attached hydrogen (secondary N) is 1. The number of sulfone groups is 1. The van der Waals surface area contributed by atoms with Gasteiger partial charge in [-0.3, -0.25) is 4.79 Å². The molecule has 0 saturated carbocycles. The molecule has 0 aliphatic heterocycles. The standard InChI is InChI=1S/C27H25FN4O5S/c1-3-37-27(34)22-15-23(32(31-22)18-9-6-8-17(14-18)16-29)26(33)30-25-20(11-7-12-21(25)28)19-10-4-5-13-24(19)38(2,35)36/h4-15H,3,16,29H2,1-2H3,(H,30,33). The lowest BCUT2D eigenvalue weighted by molar-refractivity contribution is 0.0519. The van der Waals surface area contributed by atoms with Gasteiger partial charge in [-0.25, -0.2) is 22.3 Å². The van der Waals surface area contributed by atoms with Gasteiger partial charge in [-0.2, -0.15) is 5.10 Å². The number of nitrogens with two attached hydrogens (primary N) is 1. The molecule has 0 atom stereocenters. The van der Waals surface area contributed by atoms with E-state index in [0.29, 0.717) is 5.69 Å². The predicted octanol–water partition coefficient (Wildman–Crippen LogP) is 3.97. The fraction of sp³-hybridized carbons (Fsp3) is 0.148. The molecule has 4 aromatic rings. The molecule has 0 spiro atoms. The van der Waals surface area contributed by atoms with Crippen LogP contribution in [0.5, 0.6) is 0 Å². The first-order valence-corrected chi connectivity index (χ1v) is 13.5. The number of ether oxygens (including phenoxy) is 1. The van der Waals surface area contributed by atoms with Crippen molar-refractivity contribution in [1.29, 1.82) is 0 Å². The van der Waals surface area contributed by atoms with Crippen LogP contribution in [0.4, 0.5) is 10.1 Å². The Labute approximate surface area is 219 Å². The van der Waals surface area contributed by atoms with Gasteiger partial charge in [0.1, 0.15) is 11.5 Å². The van der Waals surface area contributed by atoms with Gasteiger partial charge >= 0.3 is 5.97 Å². The quantitative estimate of drug-likeness (QED) is 0.326. The van der Waals surface area contributed by atoms with Crippen LogP contribution in [0, 0.1) is 5.82 Å². The zero-order chi connectivity index (χ0) is 27.4. The molecule has 11 heteroatoms. The Hall–Kier alpha value is -4.35. The molecular formula is C27H25FN4O5S. The van der Waals surface area contributed by atoms with Gasteiger partial charge in [-0.05, 0) is 36.8 Å². The molecule has 196 valence electrons. The van der Waals surface area contributed by atoms with Crippen molar-refractivity contribution in [2.45, 2.75) is 18.4 Å². The number of carbonyl (C=O) groups is 2. The topological polar surface area (TPSA) is 133 Å². The fourth-order valence-electron chi connectivity index (χ4n) is 3.93. The Bertz CT molecular complexity index is 1630. The molecule has 0 unspecified atom stereocenters. The highest BCUT2D eigenvalue weighted by Gasteiger charge is 2.24. The van der Waals surface area contributed by atoms with Crippen LogP contribution in [0.3, 0.4) is 0 Å². The highest BCUT2D eigenvalue weighted by Crippen LogP contribution is 2.35. The van der Waals surface area contributed by atoms with E-state index in [0.717, 1.165) is 17.9 Å². The van der Waals surface area contributed by atoms with Gasteiger partial charge in [0.05, 0.1) is 22.9 Å². The van der Waals surface area contributed by atoms with Crippen molar-refractivity contribution in [3.05, 3.63) is 95.6 Å². The zero-order valence-corrected chi connectivity index (χ0v) is 21.5. The maximum Gasteiger partial charge on any atom is 0.358 e. The monoisotopic (exact) mass is 536 g/mol. The number of rotatable bonds is 8. The Balaban J connectivity index is 1.83. The van der Waals surface area contributed by atoms with E-state index in [-0.39, 0.29) is 46.2 Å². The number of halogens is 1. The molecule has 3 aromatic carbocycles. The van der Waals surface area contributed by atoms with Crippen LogP contribution in [-0.4, -0.2) is 42.9 Å². The van der Waals surface area contributed by atoms with E-state index >= 15 is 4.39 Å². The average Bonchev–Trinajstić information content (AvgIpc) is 3.35. The van der Waals surface area contributed by atoms with Crippen LogP contribution in [0.2, 0.25) is 0 Å². The summed E-state index contributed by atoms with van der Waals surface area (Å²) in [5.74, 6) is -2.29. The van der Waals surface area contributed by atoms with Crippen molar-refractivity contribution in [2.24, 2.45) is 5.73 Å². The lowest BCUT2D eigenvalue weighted by Crippen LogP contribution is -2.18. The lowest BCUT2D eigenvalue weighted by Gasteiger charge is -2.15. The maximum atomic E-state index is 15.1. The average molecular weight is 537 g/mol. The Morgan fingerprint density at radius 2 is 1.74 bits per heavy atom. The summed E-state index contributed by atoms with van der Waals surface area (Å²) in [6.07, 6.45) is 1.05. The number of carbonyl (C=O) groups excluding carboxylic acids is 2. The summed E-state index contributed by atoms with van der Waals surface area (Å²) in [5, 5.41) is 6.80. The molecule has 9 nitrogen and oxygen atoms in total. The molecule has 1 aromatic heterocycles. The summed E-state index contributed by atoms with van der Waals surface area (Å²) in [7, 11) is -3.66. The Morgan fingerprint density at radius 1 is 1.03 bits per heavy atom. The number of hydrogen-bond acceptors (Lipinski definition) is 7. The van der Waals surface area contributed by atoms with Crippen molar-refractivity contribution in [1.82, 2.24) is 9.78 Å². The molecule has 3 N–H and O–H groups in total. The van der Waals surface area contributed by atoms with Gasteiger partial charge in [-0.1, -0.05) is 42.5 Å². The molecule has 0 aliphatic rings. The van der Waals surface area contributed by atoms with Crippen molar-refractivity contribution in [3.63, 3.8) is 0 Å². The second-order valence-corrected chi connectivity index (χ2v) is 10.3. The van der Waals surface area contributed by atoms with Crippen molar-refractivity contribution >= 4 is 27.4 Å². The largest absolute Gasteiger partial charge is 0.461 e. The molecule has 0 saturated heterocycles. The van der Waals surface area contributed by atoms with E-state index in [1.54, 1.807) is 43.3 Å². The highest BCUT2D eigenvalue weighted by molar-refractivity contribution is 7.90. The van der Waals surface area contributed by atoms with Crippen molar-refractivity contribution < 1.29 is 27.1 Å². The van der Waals surface area contributed by atoms with E-state index in [1.165, 1.54) is 35.0 Å². The first kappa shape index (κ1) is 26.7. The molecule has 1 amide bonds. The number of hydrogen-bond donors (Lipinski definition) is 2. The summed E-state index contributed by atoms with van der Waals surface area (Å²) >= 11 is 0. The van der Waals surface area contributed by atoms with Gasteiger partial charge in [0.15, 0.2) is 15.5 Å². The highest BCUT2D eigenvalue weighted by atomic mass is 32.2. The van der Waals surface area contributed by atoms with Crippen LogP contribution in [0.1, 0.15) is 33.5 Å². The zero-order valence-electron chi connectivity index (χ0n) is 20.6. The minimum atomic E-state index is -3.66.